The van der Waals surface area contributed by atoms with E-state index in [0.717, 1.165) is 0 Å². The molecule has 88 valence electrons. The molecule has 2 N–H and O–H groups in total. The van der Waals surface area contributed by atoms with Gasteiger partial charge in [-0.15, -0.1) is 0 Å². The topological polar surface area (TPSA) is 95.9 Å². The van der Waals surface area contributed by atoms with Gasteiger partial charge >= 0.3 is 6.09 Å². The molecule has 0 aromatic rings. The third-order valence-electron chi connectivity index (χ3n) is 2.08. The number of hydrogen-bond donors (Lipinski definition) is 2. The number of ether oxygens (including phenoxy) is 1. The van der Waals surface area contributed by atoms with Crippen molar-refractivity contribution in [2.24, 2.45) is 0 Å². The lowest BCUT2D eigenvalue weighted by Gasteiger charge is -2.13. The quantitative estimate of drug-likeness (QED) is 0.672. The lowest BCUT2D eigenvalue weighted by Crippen LogP contribution is -2.39. The Morgan fingerprint density at radius 3 is 2.80 bits per heavy atom. The maximum Gasteiger partial charge on any atom is 0.407 e. The van der Waals surface area contributed by atoms with Gasteiger partial charge in [0.1, 0.15) is 0 Å². The van der Waals surface area contributed by atoms with Gasteiger partial charge in [-0.1, -0.05) is 0 Å². The number of carboxylic acid groups (broad SMARTS) is 1. The monoisotopic (exact) mass is 238 g/mol. The Labute approximate surface area is 88.1 Å². The van der Waals surface area contributed by atoms with E-state index in [-0.39, 0.29) is 12.6 Å². The first-order valence-corrected chi connectivity index (χ1v) is 6.06. The summed E-state index contributed by atoms with van der Waals surface area (Å²) in [7, 11) is -2.17. The van der Waals surface area contributed by atoms with Gasteiger partial charge in [0.25, 0.3) is 0 Å². The molecule has 0 saturated carbocycles. The standard InChI is InChI=1S/C7H14N2O5S/c1-14-5-15(12,13)8-6-2-3-9(4-6)7(10)11/h6,8H,2-5H2,1H3,(H,10,11)/t6-/m0/s1. The van der Waals surface area contributed by atoms with Gasteiger partial charge in [-0.25, -0.2) is 17.9 Å². The minimum absolute atomic E-state index is 0.193. The van der Waals surface area contributed by atoms with Gasteiger partial charge in [-0.05, 0) is 6.42 Å². The average Bonchev–Trinajstić information content (AvgIpc) is 2.51. The van der Waals surface area contributed by atoms with Crippen molar-refractivity contribution in [2.45, 2.75) is 12.5 Å². The van der Waals surface area contributed by atoms with Crippen LogP contribution in [0.25, 0.3) is 0 Å². The molecular formula is C7H14N2O5S. The summed E-state index contributed by atoms with van der Waals surface area (Å²) in [4.78, 5) is 11.7. The van der Waals surface area contributed by atoms with Gasteiger partial charge in [0.15, 0.2) is 5.94 Å². The van der Waals surface area contributed by atoms with E-state index in [1.807, 2.05) is 0 Å². The summed E-state index contributed by atoms with van der Waals surface area (Å²) in [5.74, 6) is -0.406. The minimum Gasteiger partial charge on any atom is -0.465 e. The first kappa shape index (κ1) is 12.2. The predicted molar refractivity (Wildman–Crippen MR) is 51.9 cm³/mol. The molecule has 0 aliphatic carbocycles. The summed E-state index contributed by atoms with van der Waals surface area (Å²) in [5, 5.41) is 8.66. The van der Waals surface area contributed by atoms with E-state index < -0.39 is 22.1 Å². The van der Waals surface area contributed by atoms with Crippen LogP contribution in [-0.2, 0) is 14.8 Å². The molecule has 0 aromatic heterocycles. The highest BCUT2D eigenvalue weighted by Crippen LogP contribution is 2.10. The van der Waals surface area contributed by atoms with Crippen LogP contribution < -0.4 is 4.72 Å². The van der Waals surface area contributed by atoms with Crippen molar-refractivity contribution in [3.63, 3.8) is 0 Å². The Bertz CT molecular complexity index is 328. The number of amides is 1. The lowest BCUT2D eigenvalue weighted by molar-refractivity contribution is 0.155. The molecule has 1 rings (SSSR count). The van der Waals surface area contributed by atoms with Crippen LogP contribution in [0.4, 0.5) is 4.79 Å². The van der Waals surface area contributed by atoms with Gasteiger partial charge in [0, 0.05) is 26.2 Å². The zero-order chi connectivity index (χ0) is 11.5. The van der Waals surface area contributed by atoms with Crippen LogP contribution in [0.5, 0.6) is 0 Å². The Morgan fingerprint density at radius 1 is 1.67 bits per heavy atom. The molecule has 0 aromatic carbocycles. The van der Waals surface area contributed by atoms with Gasteiger partial charge in [-0.2, -0.15) is 0 Å². The molecule has 1 atom stereocenters. The number of nitrogens with zero attached hydrogens (tertiary/aromatic N) is 1. The van der Waals surface area contributed by atoms with Gasteiger partial charge in [-0.3, -0.25) is 0 Å². The minimum atomic E-state index is -3.46. The van der Waals surface area contributed by atoms with E-state index in [1.54, 1.807) is 0 Å². The van der Waals surface area contributed by atoms with Gasteiger partial charge < -0.3 is 14.7 Å². The third-order valence-corrected chi connectivity index (χ3v) is 3.32. The molecule has 1 fully saturated rings. The normalized spacial score (nSPS) is 21.9. The van der Waals surface area contributed by atoms with Crippen LogP contribution in [0.15, 0.2) is 0 Å². The second-order valence-corrected chi connectivity index (χ2v) is 5.05. The summed E-state index contributed by atoms with van der Waals surface area (Å²) in [5.41, 5.74) is 0. The predicted octanol–water partition coefficient (Wildman–Crippen LogP) is -0.738. The second-order valence-electron chi connectivity index (χ2n) is 3.35. The maximum absolute atomic E-state index is 11.3. The number of rotatable bonds is 4. The van der Waals surface area contributed by atoms with E-state index in [1.165, 1.54) is 12.0 Å². The molecule has 0 bridgehead atoms. The van der Waals surface area contributed by atoms with Gasteiger partial charge in [0.05, 0.1) is 0 Å². The van der Waals surface area contributed by atoms with Crippen molar-refractivity contribution in [2.75, 3.05) is 26.1 Å². The highest BCUT2D eigenvalue weighted by atomic mass is 32.2. The summed E-state index contributed by atoms with van der Waals surface area (Å²) in [6.45, 7) is 0.549. The summed E-state index contributed by atoms with van der Waals surface area (Å²) >= 11 is 0. The molecule has 1 aliphatic rings. The molecule has 1 saturated heterocycles. The molecule has 0 spiro atoms. The number of sulfonamides is 1. The van der Waals surface area contributed by atoms with Crippen molar-refractivity contribution >= 4 is 16.1 Å². The largest absolute Gasteiger partial charge is 0.465 e. The van der Waals surface area contributed by atoms with E-state index >= 15 is 0 Å². The zero-order valence-electron chi connectivity index (χ0n) is 8.34. The average molecular weight is 238 g/mol. The smallest absolute Gasteiger partial charge is 0.407 e. The number of hydrogen-bond acceptors (Lipinski definition) is 4. The fourth-order valence-corrected chi connectivity index (χ4v) is 2.55. The Kier molecular flexibility index (Phi) is 3.89. The van der Waals surface area contributed by atoms with E-state index in [2.05, 4.69) is 9.46 Å². The van der Waals surface area contributed by atoms with Crippen molar-refractivity contribution in [1.82, 2.24) is 9.62 Å². The molecule has 1 amide bonds. The SMILES string of the molecule is COCS(=O)(=O)N[C@H]1CCN(C(=O)O)C1. The molecule has 0 radical (unpaired) electrons. The zero-order valence-corrected chi connectivity index (χ0v) is 9.16. The fraction of sp³-hybridized carbons (Fsp3) is 0.857. The summed E-state index contributed by atoms with van der Waals surface area (Å²) in [6.07, 6.45) is -0.529. The number of likely N-dealkylation sites (tertiary alicyclic amines) is 1. The van der Waals surface area contributed by atoms with Crippen molar-refractivity contribution in [3.05, 3.63) is 0 Å². The molecule has 7 nitrogen and oxygen atoms in total. The molecule has 1 heterocycles. The number of carbonyl (C=O) groups is 1. The van der Waals surface area contributed by atoms with Crippen molar-refractivity contribution < 1.29 is 23.1 Å². The van der Waals surface area contributed by atoms with Crippen molar-refractivity contribution in [1.29, 1.82) is 0 Å². The van der Waals surface area contributed by atoms with E-state index in [4.69, 9.17) is 5.11 Å². The third kappa shape index (κ3) is 3.65. The van der Waals surface area contributed by atoms with Crippen LogP contribution in [-0.4, -0.2) is 56.7 Å². The van der Waals surface area contributed by atoms with Crippen LogP contribution in [0.2, 0.25) is 0 Å². The summed E-state index contributed by atoms with van der Waals surface area (Å²) < 4.78 is 29.4. The molecule has 0 unspecified atom stereocenters. The highest BCUT2D eigenvalue weighted by molar-refractivity contribution is 7.89. The van der Waals surface area contributed by atoms with Crippen molar-refractivity contribution in [3.8, 4) is 0 Å². The Hall–Kier alpha value is -0.860. The number of methoxy groups -OCH3 is 1. The molecular weight excluding hydrogens is 224 g/mol. The highest BCUT2D eigenvalue weighted by Gasteiger charge is 2.28. The lowest BCUT2D eigenvalue weighted by atomic mass is 10.3. The maximum atomic E-state index is 11.3. The summed E-state index contributed by atoms with van der Waals surface area (Å²) in [6, 6.07) is -0.346. The second kappa shape index (κ2) is 4.77. The van der Waals surface area contributed by atoms with E-state index in [9.17, 15) is 13.2 Å². The van der Waals surface area contributed by atoms with Crippen LogP contribution in [0.1, 0.15) is 6.42 Å². The van der Waals surface area contributed by atoms with Crippen LogP contribution in [0, 0.1) is 0 Å². The molecule has 1 aliphatic heterocycles. The first-order chi connectivity index (χ1) is 6.94. The Balaban J connectivity index is 2.46. The Morgan fingerprint density at radius 2 is 2.33 bits per heavy atom. The van der Waals surface area contributed by atoms with Gasteiger partial charge in [0.2, 0.25) is 10.0 Å². The number of nitrogens with one attached hydrogen (secondary N) is 1. The van der Waals surface area contributed by atoms with Crippen LogP contribution >= 0.6 is 0 Å². The molecule has 15 heavy (non-hydrogen) atoms. The first-order valence-electron chi connectivity index (χ1n) is 4.41. The van der Waals surface area contributed by atoms with Crippen LogP contribution in [0.3, 0.4) is 0 Å². The molecule has 8 heteroatoms. The fourth-order valence-electron chi connectivity index (χ4n) is 1.47. The van der Waals surface area contributed by atoms with E-state index in [0.29, 0.717) is 13.0 Å².